The second-order valence-electron chi connectivity index (χ2n) is 14.3. The second-order valence-corrected chi connectivity index (χ2v) is 14.3. The van der Waals surface area contributed by atoms with E-state index in [0.29, 0.717) is 45.2 Å². The number of benzene rings is 1. The third kappa shape index (κ3) is 8.33. The molecule has 0 aromatic heterocycles. The molecule has 2 saturated heterocycles. The molecule has 4 N–H and O–H groups in total. The SMILES string of the molecule is CC(C)(C)OC(=O)N[C@H]1CCCCCC=C[C@@H]2C[C@@]2(C(=O)N2CCC[C@H]2C(=O)NCc2ccccc2)NC(=O)[C@@H]2C[C@@H](O)CN2C1=O. The summed E-state index contributed by atoms with van der Waals surface area (Å²) in [6.07, 6.45) is 7.41. The summed E-state index contributed by atoms with van der Waals surface area (Å²) in [6.45, 7) is 5.89. The van der Waals surface area contributed by atoms with E-state index in [1.807, 2.05) is 42.5 Å². The van der Waals surface area contributed by atoms with Crippen LogP contribution in [0.4, 0.5) is 4.79 Å². The predicted octanol–water partition coefficient (Wildman–Crippen LogP) is 2.54. The molecule has 5 rings (SSSR count). The molecule has 1 aliphatic carbocycles. The van der Waals surface area contributed by atoms with Gasteiger partial charge in [0.05, 0.1) is 6.10 Å². The van der Waals surface area contributed by atoms with Crippen molar-refractivity contribution in [1.29, 1.82) is 0 Å². The maximum absolute atomic E-state index is 14.3. The Balaban J connectivity index is 1.34. The van der Waals surface area contributed by atoms with Crippen molar-refractivity contribution in [3.63, 3.8) is 0 Å². The fraction of sp³-hybridized carbons (Fsp3) is 0.629. The number of carbonyl (C=O) groups is 5. The van der Waals surface area contributed by atoms with E-state index in [0.717, 1.165) is 24.8 Å². The highest BCUT2D eigenvalue weighted by molar-refractivity contribution is 6.00. The van der Waals surface area contributed by atoms with Gasteiger partial charge in [0, 0.05) is 32.0 Å². The quantitative estimate of drug-likeness (QED) is 0.357. The minimum Gasteiger partial charge on any atom is -0.444 e. The lowest BCUT2D eigenvalue weighted by atomic mass is 10.0. The van der Waals surface area contributed by atoms with Crippen LogP contribution in [0.2, 0.25) is 0 Å². The summed E-state index contributed by atoms with van der Waals surface area (Å²) < 4.78 is 5.41. The molecule has 0 radical (unpaired) electrons. The smallest absolute Gasteiger partial charge is 0.408 e. The summed E-state index contributed by atoms with van der Waals surface area (Å²) in [5.41, 5.74) is -1.05. The van der Waals surface area contributed by atoms with Gasteiger partial charge in [-0.05, 0) is 64.9 Å². The number of hydrogen-bond acceptors (Lipinski definition) is 7. The van der Waals surface area contributed by atoms with Gasteiger partial charge in [-0.1, -0.05) is 55.3 Å². The van der Waals surface area contributed by atoms with Gasteiger partial charge in [-0.25, -0.2) is 4.79 Å². The molecule has 256 valence electrons. The van der Waals surface area contributed by atoms with Crippen LogP contribution in [-0.4, -0.2) is 93.1 Å². The highest BCUT2D eigenvalue weighted by Crippen LogP contribution is 2.47. The van der Waals surface area contributed by atoms with E-state index in [1.54, 1.807) is 25.7 Å². The maximum Gasteiger partial charge on any atom is 0.408 e. The van der Waals surface area contributed by atoms with Gasteiger partial charge in [-0.15, -0.1) is 0 Å². The molecule has 1 aromatic carbocycles. The van der Waals surface area contributed by atoms with Gasteiger partial charge in [0.2, 0.25) is 23.6 Å². The Morgan fingerprint density at radius 2 is 1.83 bits per heavy atom. The van der Waals surface area contributed by atoms with Crippen LogP contribution >= 0.6 is 0 Å². The van der Waals surface area contributed by atoms with E-state index in [1.165, 1.54) is 4.90 Å². The zero-order chi connectivity index (χ0) is 33.8. The van der Waals surface area contributed by atoms with Crippen LogP contribution in [-0.2, 0) is 30.5 Å². The van der Waals surface area contributed by atoms with Crippen molar-refractivity contribution in [3.05, 3.63) is 48.0 Å². The molecule has 6 atom stereocenters. The number of rotatable bonds is 5. The fourth-order valence-corrected chi connectivity index (χ4v) is 6.97. The normalized spacial score (nSPS) is 29.9. The summed E-state index contributed by atoms with van der Waals surface area (Å²) in [5.74, 6) is -1.79. The lowest BCUT2D eigenvalue weighted by Gasteiger charge is -2.32. The van der Waals surface area contributed by atoms with Crippen LogP contribution in [0.5, 0.6) is 0 Å². The molecule has 1 saturated carbocycles. The van der Waals surface area contributed by atoms with Crippen molar-refractivity contribution >= 4 is 29.7 Å². The molecule has 1 aromatic rings. The van der Waals surface area contributed by atoms with Crippen LogP contribution in [0, 0.1) is 5.92 Å². The highest BCUT2D eigenvalue weighted by Gasteiger charge is 2.63. The lowest BCUT2D eigenvalue weighted by Crippen LogP contribution is -2.59. The zero-order valence-electron chi connectivity index (χ0n) is 27.7. The third-order valence-electron chi connectivity index (χ3n) is 9.45. The summed E-state index contributed by atoms with van der Waals surface area (Å²) in [6, 6.07) is 6.96. The first-order valence-corrected chi connectivity index (χ1v) is 17.0. The van der Waals surface area contributed by atoms with E-state index in [4.69, 9.17) is 4.74 Å². The van der Waals surface area contributed by atoms with Crippen LogP contribution < -0.4 is 16.0 Å². The minimum atomic E-state index is -1.24. The van der Waals surface area contributed by atoms with E-state index >= 15 is 0 Å². The maximum atomic E-state index is 14.3. The van der Waals surface area contributed by atoms with E-state index < -0.39 is 53.3 Å². The standard InChI is InChI=1S/C35H49N5O7/c1-34(2,3)47-33(46)37-26-16-11-6-4-5-10-15-24-20-35(24,38-30(43)28-19-25(41)22-40(28)31(26)44)32(45)39-18-12-17-27(39)29(42)36-21-23-13-8-7-9-14-23/h7-10,13-15,24-28,41H,4-6,11-12,16-22H2,1-3H3,(H,36,42)(H,37,46)(H,38,43)/t24-,25-,26+,27+,28+,35-/m1/s1. The molecular weight excluding hydrogens is 602 g/mol. The van der Waals surface area contributed by atoms with Crippen LogP contribution in [0.25, 0.3) is 0 Å². The summed E-state index contributed by atoms with van der Waals surface area (Å²) in [4.78, 5) is 71.1. The molecule has 47 heavy (non-hydrogen) atoms. The predicted molar refractivity (Wildman–Crippen MR) is 174 cm³/mol. The molecule has 0 unspecified atom stereocenters. The van der Waals surface area contributed by atoms with E-state index in [2.05, 4.69) is 16.0 Å². The van der Waals surface area contributed by atoms with Crippen LogP contribution in [0.3, 0.4) is 0 Å². The fourth-order valence-electron chi connectivity index (χ4n) is 6.97. The first-order chi connectivity index (χ1) is 22.4. The van der Waals surface area contributed by atoms with Crippen molar-refractivity contribution in [2.45, 2.75) is 120 Å². The van der Waals surface area contributed by atoms with Gasteiger partial charge in [0.1, 0.15) is 29.3 Å². The number of amides is 5. The van der Waals surface area contributed by atoms with Gasteiger partial charge in [-0.2, -0.15) is 0 Å². The van der Waals surface area contributed by atoms with Crippen LogP contribution in [0.15, 0.2) is 42.5 Å². The van der Waals surface area contributed by atoms with Crippen molar-refractivity contribution in [2.75, 3.05) is 13.1 Å². The lowest BCUT2D eigenvalue weighted by molar-refractivity contribution is -0.145. The molecule has 3 aliphatic heterocycles. The average molecular weight is 652 g/mol. The highest BCUT2D eigenvalue weighted by atomic mass is 16.6. The number of alkyl carbamates (subject to hydrolysis) is 1. The number of nitrogens with zero attached hydrogens (tertiary/aromatic N) is 2. The molecule has 0 spiro atoms. The van der Waals surface area contributed by atoms with Gasteiger partial charge >= 0.3 is 6.09 Å². The molecule has 12 nitrogen and oxygen atoms in total. The Morgan fingerprint density at radius 1 is 1.06 bits per heavy atom. The van der Waals surface area contributed by atoms with Gasteiger partial charge in [0.25, 0.3) is 0 Å². The Bertz CT molecular complexity index is 1360. The van der Waals surface area contributed by atoms with Crippen molar-refractivity contribution in [3.8, 4) is 0 Å². The van der Waals surface area contributed by atoms with Crippen molar-refractivity contribution in [2.24, 2.45) is 5.92 Å². The molecule has 3 fully saturated rings. The number of aliphatic hydroxyl groups excluding tert-OH is 1. The van der Waals surface area contributed by atoms with Gasteiger partial charge in [-0.3, -0.25) is 19.2 Å². The molecule has 12 heteroatoms. The van der Waals surface area contributed by atoms with Crippen molar-refractivity contribution in [1.82, 2.24) is 25.8 Å². The Kier molecular flexibility index (Phi) is 10.6. The average Bonchev–Trinajstić information content (AvgIpc) is 3.32. The number of aliphatic hydroxyl groups is 1. The number of carbonyl (C=O) groups excluding carboxylic acids is 5. The molecule has 0 bridgehead atoms. The van der Waals surface area contributed by atoms with E-state index in [9.17, 15) is 29.1 Å². The Hall–Kier alpha value is -3.93. The summed E-state index contributed by atoms with van der Waals surface area (Å²) in [5, 5.41) is 19.3. The number of fused-ring (bicyclic) bond motifs is 2. The van der Waals surface area contributed by atoms with Crippen LogP contribution in [0.1, 0.15) is 84.1 Å². The molecular formula is C35H49N5O7. The largest absolute Gasteiger partial charge is 0.444 e. The Morgan fingerprint density at radius 3 is 2.57 bits per heavy atom. The van der Waals surface area contributed by atoms with Crippen molar-refractivity contribution < 1.29 is 33.8 Å². The first kappa shape index (κ1) is 34.4. The number of hydrogen-bond donors (Lipinski definition) is 4. The summed E-state index contributed by atoms with van der Waals surface area (Å²) in [7, 11) is 0. The zero-order valence-corrected chi connectivity index (χ0v) is 27.7. The monoisotopic (exact) mass is 651 g/mol. The number of likely N-dealkylation sites (tertiary alicyclic amines) is 1. The first-order valence-electron chi connectivity index (χ1n) is 17.0. The number of allylic oxidation sites excluding steroid dienone is 1. The third-order valence-corrected chi connectivity index (χ3v) is 9.45. The molecule has 3 heterocycles. The van der Waals surface area contributed by atoms with E-state index in [-0.39, 0.29) is 30.7 Å². The number of nitrogens with one attached hydrogen (secondary N) is 3. The number of ether oxygens (including phenoxy) is 1. The minimum absolute atomic E-state index is 0.00966. The molecule has 5 amide bonds. The molecule has 4 aliphatic rings. The Labute approximate surface area is 276 Å². The second kappa shape index (κ2) is 14.5. The topological polar surface area (TPSA) is 157 Å². The van der Waals surface area contributed by atoms with Gasteiger partial charge < -0.3 is 35.6 Å². The summed E-state index contributed by atoms with van der Waals surface area (Å²) >= 11 is 0. The van der Waals surface area contributed by atoms with Gasteiger partial charge in [0.15, 0.2) is 0 Å².